The second-order valence-corrected chi connectivity index (χ2v) is 23.5. The van der Waals surface area contributed by atoms with Crippen LogP contribution >= 0.6 is 0 Å². The van der Waals surface area contributed by atoms with E-state index < -0.39 is 0 Å². The number of hydrogen-bond acceptors (Lipinski definition) is 0. The van der Waals surface area contributed by atoms with Crippen molar-refractivity contribution in [1.82, 2.24) is 9.13 Å². The largest absolute Gasteiger partial charge is 0.310 e. The zero-order valence-corrected chi connectivity index (χ0v) is 43.4. The summed E-state index contributed by atoms with van der Waals surface area (Å²) in [5, 5.41) is 9.06. The lowest BCUT2D eigenvalue weighted by Gasteiger charge is -2.36. The molecule has 352 valence electrons. The Morgan fingerprint density at radius 3 is 1.58 bits per heavy atom. The maximum absolute atomic E-state index is 2.69. The van der Waals surface area contributed by atoms with Crippen molar-refractivity contribution in [2.45, 2.75) is 79.1 Å². The number of benzene rings is 10. The summed E-state index contributed by atoms with van der Waals surface area (Å²) in [6, 6.07) is 72.7. The molecule has 2 aliphatic heterocycles. The highest BCUT2D eigenvalue weighted by atomic mass is 15.0. The molecular formula is C70H59BN2. The average molecular weight is 939 g/mol. The highest BCUT2D eigenvalue weighted by Crippen LogP contribution is 2.50. The van der Waals surface area contributed by atoms with Crippen LogP contribution in [0.3, 0.4) is 0 Å². The van der Waals surface area contributed by atoms with E-state index in [1.165, 1.54) is 149 Å². The van der Waals surface area contributed by atoms with Crippen LogP contribution in [0.2, 0.25) is 0 Å². The molecule has 73 heavy (non-hydrogen) atoms. The molecular weight excluding hydrogens is 880 g/mol. The second kappa shape index (κ2) is 15.6. The van der Waals surface area contributed by atoms with Gasteiger partial charge in [0.05, 0.1) is 16.7 Å². The first-order chi connectivity index (χ1) is 35.3. The van der Waals surface area contributed by atoms with Gasteiger partial charge in [-0.15, -0.1) is 0 Å². The van der Waals surface area contributed by atoms with Crippen molar-refractivity contribution in [2.24, 2.45) is 0 Å². The number of rotatable bonds is 5. The van der Waals surface area contributed by atoms with Crippen molar-refractivity contribution >= 4 is 77.4 Å². The van der Waals surface area contributed by atoms with Gasteiger partial charge in [0.15, 0.2) is 0 Å². The van der Waals surface area contributed by atoms with Gasteiger partial charge < -0.3 is 9.13 Å². The Morgan fingerprint density at radius 2 is 0.959 bits per heavy atom. The lowest BCUT2D eigenvalue weighted by molar-refractivity contribution is 0.590. The second-order valence-electron chi connectivity index (χ2n) is 23.5. The van der Waals surface area contributed by atoms with Crippen molar-refractivity contribution in [3.63, 3.8) is 0 Å². The minimum absolute atomic E-state index is 0.0269. The fourth-order valence-electron chi connectivity index (χ4n) is 13.1. The van der Waals surface area contributed by atoms with Gasteiger partial charge >= 0.3 is 0 Å². The summed E-state index contributed by atoms with van der Waals surface area (Å²) in [6.07, 6.45) is 0. The Balaban J connectivity index is 1.22. The molecule has 12 aromatic rings. The highest BCUT2D eigenvalue weighted by Gasteiger charge is 2.44. The van der Waals surface area contributed by atoms with E-state index in [4.69, 9.17) is 0 Å². The molecule has 4 heterocycles. The van der Waals surface area contributed by atoms with E-state index in [1.54, 1.807) is 0 Å². The zero-order chi connectivity index (χ0) is 49.8. The summed E-state index contributed by atoms with van der Waals surface area (Å²) in [6.45, 7) is 20.7. The van der Waals surface area contributed by atoms with Crippen LogP contribution in [0.25, 0.3) is 110 Å². The SMILES string of the molecule is Cc1cc2c3c(c1)-n1c4cc(C(C)C)ccc4c4cc5c(-c6ccccc6)c6ccccc6c(-c6ccccc6)c5c(c41)B3c1cccc3c(-c4ccc(C(C)(C)C)cc4)c(-c4ccc(C(C)(C)C)cc4)n-2c13. The Hall–Kier alpha value is -7.88. The fraction of sp³-hybridized carbons (Fsp3) is 0.171. The van der Waals surface area contributed by atoms with E-state index in [0.717, 1.165) is 0 Å². The predicted molar refractivity (Wildman–Crippen MR) is 315 cm³/mol. The summed E-state index contributed by atoms with van der Waals surface area (Å²) < 4.78 is 5.38. The van der Waals surface area contributed by atoms with Crippen LogP contribution in [-0.4, -0.2) is 15.8 Å². The standard InChI is InChI=1S/C70H59BN2/c1-41(2)47-31-36-50-54-40-55-60(43-19-12-10-13-20-43)51-23-16-17-24-52(51)61(44-21-14-11-15-22-44)63(55)65-68(54)72(57(50)39-47)58-37-42(3)38-59-64(58)71(65)56-26-18-25-53-62(45-27-32-48(33-28-45)69(4,5)6)66(73(59)67(53)56)46-29-34-49(35-30-46)70(7,8)9/h10-41H,1-9H3. The lowest BCUT2D eigenvalue weighted by atomic mass is 9.33. The first-order valence-electron chi connectivity index (χ1n) is 26.4. The van der Waals surface area contributed by atoms with Gasteiger partial charge in [-0.05, 0) is 142 Å². The topological polar surface area (TPSA) is 9.86 Å². The number of para-hydroxylation sites is 1. The quantitative estimate of drug-likeness (QED) is 0.120. The van der Waals surface area contributed by atoms with Crippen LogP contribution in [0.5, 0.6) is 0 Å². The number of nitrogens with zero attached hydrogens (tertiary/aromatic N) is 2. The Kier molecular flexibility index (Phi) is 9.36. The molecule has 2 aliphatic rings. The monoisotopic (exact) mass is 938 g/mol. The average Bonchev–Trinajstić information content (AvgIpc) is 3.92. The molecule has 0 bridgehead atoms. The van der Waals surface area contributed by atoms with Gasteiger partial charge in [0.1, 0.15) is 0 Å². The molecule has 0 fully saturated rings. The summed E-state index contributed by atoms with van der Waals surface area (Å²) in [7, 11) is 0. The van der Waals surface area contributed by atoms with Crippen LogP contribution in [0, 0.1) is 6.92 Å². The Labute approximate surface area is 429 Å². The smallest absolute Gasteiger partial charge is 0.253 e. The maximum atomic E-state index is 2.69. The molecule has 14 rings (SSSR count). The van der Waals surface area contributed by atoms with Crippen LogP contribution in [-0.2, 0) is 10.8 Å². The van der Waals surface area contributed by atoms with E-state index in [9.17, 15) is 0 Å². The zero-order valence-electron chi connectivity index (χ0n) is 43.4. The number of fused-ring (bicyclic) bond motifs is 10. The van der Waals surface area contributed by atoms with Gasteiger partial charge in [-0.3, -0.25) is 0 Å². The molecule has 0 unspecified atom stereocenters. The van der Waals surface area contributed by atoms with Crippen LogP contribution in [0.1, 0.15) is 83.6 Å². The van der Waals surface area contributed by atoms with E-state index in [2.05, 4.69) is 260 Å². The minimum atomic E-state index is -0.0798. The van der Waals surface area contributed by atoms with Gasteiger partial charge in [0, 0.05) is 38.6 Å². The summed E-state index contributed by atoms with van der Waals surface area (Å²) in [5.41, 5.74) is 25.9. The minimum Gasteiger partial charge on any atom is -0.310 e. The summed E-state index contributed by atoms with van der Waals surface area (Å²) in [5.74, 6) is 0.374. The molecule has 0 spiro atoms. The van der Waals surface area contributed by atoms with Gasteiger partial charge in [0.25, 0.3) is 6.71 Å². The first-order valence-corrected chi connectivity index (χ1v) is 26.4. The number of hydrogen-bond donors (Lipinski definition) is 0. The van der Waals surface area contributed by atoms with Crippen molar-refractivity contribution in [3.8, 4) is 56.0 Å². The Morgan fingerprint density at radius 1 is 0.411 bits per heavy atom. The third-order valence-electron chi connectivity index (χ3n) is 16.6. The molecule has 0 saturated carbocycles. The lowest BCUT2D eigenvalue weighted by Crippen LogP contribution is -2.59. The molecule has 0 amide bonds. The molecule has 0 N–H and O–H groups in total. The van der Waals surface area contributed by atoms with Gasteiger partial charge in [-0.1, -0.05) is 219 Å². The molecule has 0 radical (unpaired) electrons. The van der Waals surface area contributed by atoms with Gasteiger partial charge in [-0.2, -0.15) is 0 Å². The molecule has 0 atom stereocenters. The van der Waals surface area contributed by atoms with Crippen molar-refractivity contribution in [1.29, 1.82) is 0 Å². The van der Waals surface area contributed by atoms with E-state index in [0.29, 0.717) is 5.92 Å². The predicted octanol–water partition coefficient (Wildman–Crippen LogP) is 16.9. The van der Waals surface area contributed by atoms with Crippen LogP contribution in [0.4, 0.5) is 0 Å². The Bertz CT molecular complexity index is 4270. The third-order valence-corrected chi connectivity index (χ3v) is 16.6. The first kappa shape index (κ1) is 43.9. The summed E-state index contributed by atoms with van der Waals surface area (Å²) >= 11 is 0. The van der Waals surface area contributed by atoms with Crippen molar-refractivity contribution in [2.75, 3.05) is 0 Å². The molecule has 0 aliphatic carbocycles. The normalized spacial score (nSPS) is 13.1. The molecule has 0 saturated heterocycles. The van der Waals surface area contributed by atoms with Crippen molar-refractivity contribution in [3.05, 3.63) is 210 Å². The molecule has 3 heteroatoms. The molecule has 2 nitrogen and oxygen atoms in total. The number of aryl methyl sites for hydroxylation is 1. The molecule has 2 aromatic heterocycles. The number of aromatic nitrogens is 2. The maximum Gasteiger partial charge on any atom is 0.253 e. The van der Waals surface area contributed by atoms with Crippen LogP contribution in [0.15, 0.2) is 188 Å². The van der Waals surface area contributed by atoms with Gasteiger partial charge in [-0.25, -0.2) is 0 Å². The van der Waals surface area contributed by atoms with E-state index in [1.807, 2.05) is 0 Å². The summed E-state index contributed by atoms with van der Waals surface area (Å²) in [4.78, 5) is 0. The van der Waals surface area contributed by atoms with Crippen LogP contribution < -0.4 is 16.4 Å². The highest BCUT2D eigenvalue weighted by molar-refractivity contribution is 7.02. The fourth-order valence-corrected chi connectivity index (χ4v) is 13.1. The van der Waals surface area contributed by atoms with E-state index >= 15 is 0 Å². The van der Waals surface area contributed by atoms with Crippen molar-refractivity contribution < 1.29 is 0 Å². The van der Waals surface area contributed by atoms with E-state index in [-0.39, 0.29) is 17.5 Å². The van der Waals surface area contributed by atoms with Gasteiger partial charge in [0.2, 0.25) is 0 Å². The third kappa shape index (κ3) is 6.30. The molecule has 10 aromatic carbocycles.